The number of quaternary nitrogens is 1. The Kier molecular flexibility index (Phi) is 37.9. The molecule has 0 aromatic carbocycles. The number of amides is 1. The molecule has 8 nitrogen and oxygen atoms in total. The third kappa shape index (κ3) is 40.6. The van der Waals surface area contributed by atoms with E-state index in [0.29, 0.717) is 17.4 Å². The second-order valence-electron chi connectivity index (χ2n) is 16.7. The molecule has 0 rings (SSSR count). The van der Waals surface area contributed by atoms with Gasteiger partial charge in [0, 0.05) is 6.42 Å². The molecule has 9 heteroatoms. The quantitative estimate of drug-likeness (QED) is 0.0276. The van der Waals surface area contributed by atoms with E-state index in [2.05, 4.69) is 55.6 Å². The number of unbranched alkanes of at least 4 members (excludes halogenated alkanes) is 22. The van der Waals surface area contributed by atoms with Gasteiger partial charge in [0.25, 0.3) is 7.82 Å². The maximum Gasteiger partial charge on any atom is 0.268 e. The number of phosphoric ester groups is 1. The fourth-order valence-electron chi connectivity index (χ4n) is 6.31. The van der Waals surface area contributed by atoms with E-state index in [0.717, 1.165) is 44.9 Å². The van der Waals surface area contributed by atoms with Crippen LogP contribution in [0.3, 0.4) is 0 Å². The zero-order valence-electron chi connectivity index (χ0n) is 37.1. The first-order valence-electron chi connectivity index (χ1n) is 23.0. The summed E-state index contributed by atoms with van der Waals surface area (Å²) in [6.07, 6.45) is 48.7. The van der Waals surface area contributed by atoms with E-state index in [1.165, 1.54) is 128 Å². The maximum atomic E-state index is 12.9. The topological polar surface area (TPSA) is 108 Å². The Hall–Kier alpha value is -1.54. The highest BCUT2D eigenvalue weighted by atomic mass is 31.2. The molecular weight excluding hydrogens is 719 g/mol. The molecule has 3 atom stereocenters. The number of nitrogens with zero attached hydrogens (tertiary/aromatic N) is 1. The Labute approximate surface area is 346 Å². The van der Waals surface area contributed by atoms with Crippen molar-refractivity contribution in [3.05, 3.63) is 48.6 Å². The van der Waals surface area contributed by atoms with E-state index in [1.807, 2.05) is 27.2 Å². The molecule has 0 saturated carbocycles. The second kappa shape index (κ2) is 38.9. The zero-order valence-corrected chi connectivity index (χ0v) is 38.0. The summed E-state index contributed by atoms with van der Waals surface area (Å²) in [6.45, 7) is 4.59. The van der Waals surface area contributed by atoms with Crippen molar-refractivity contribution in [2.75, 3.05) is 40.9 Å². The average molecular weight is 809 g/mol. The van der Waals surface area contributed by atoms with Crippen LogP contribution in [0.5, 0.6) is 0 Å². The normalized spacial score (nSPS) is 14.8. The Morgan fingerprint density at radius 3 is 1.55 bits per heavy atom. The molecule has 1 amide bonds. The van der Waals surface area contributed by atoms with Gasteiger partial charge in [0.1, 0.15) is 13.2 Å². The lowest BCUT2D eigenvalue weighted by Gasteiger charge is -2.29. The SMILES string of the molecule is CCCCCCC/C=C\C/C=C\CCCCCCCCCCCC(=O)NC(COP(=O)([O-])OCC[N+](C)(C)C)C(O)/C=C/CC/C=C/CCCCCCCCC. The monoisotopic (exact) mass is 809 g/mol. The van der Waals surface area contributed by atoms with Crippen molar-refractivity contribution in [3.63, 3.8) is 0 Å². The molecule has 0 fully saturated rings. The Morgan fingerprint density at radius 1 is 0.625 bits per heavy atom. The molecule has 56 heavy (non-hydrogen) atoms. The number of carbonyl (C=O) groups is 1. The summed E-state index contributed by atoms with van der Waals surface area (Å²) in [5.41, 5.74) is 0. The summed E-state index contributed by atoms with van der Waals surface area (Å²) in [5, 5.41) is 13.7. The van der Waals surface area contributed by atoms with Crippen LogP contribution in [0.4, 0.5) is 0 Å². The van der Waals surface area contributed by atoms with Crippen molar-refractivity contribution in [2.24, 2.45) is 0 Å². The molecule has 0 heterocycles. The molecule has 0 aliphatic heterocycles. The van der Waals surface area contributed by atoms with Crippen LogP contribution < -0.4 is 10.2 Å². The number of rotatable bonds is 41. The number of hydrogen-bond donors (Lipinski definition) is 2. The van der Waals surface area contributed by atoms with Crippen molar-refractivity contribution < 1.29 is 32.9 Å². The summed E-state index contributed by atoms with van der Waals surface area (Å²) < 4.78 is 23.2. The molecule has 2 N–H and O–H groups in total. The smallest absolute Gasteiger partial charge is 0.268 e. The van der Waals surface area contributed by atoms with E-state index >= 15 is 0 Å². The van der Waals surface area contributed by atoms with Gasteiger partial charge in [-0.1, -0.05) is 172 Å². The number of phosphoric acid groups is 1. The predicted octanol–water partition coefficient (Wildman–Crippen LogP) is 12.2. The molecular formula is C47H89N2O6P. The van der Waals surface area contributed by atoms with E-state index in [9.17, 15) is 19.4 Å². The Balaban J connectivity index is 4.39. The second-order valence-corrected chi connectivity index (χ2v) is 18.2. The molecule has 0 aromatic rings. The van der Waals surface area contributed by atoms with E-state index < -0.39 is 26.6 Å². The number of aliphatic hydroxyl groups is 1. The minimum absolute atomic E-state index is 0.00845. The maximum absolute atomic E-state index is 12.9. The molecule has 0 spiro atoms. The molecule has 3 unspecified atom stereocenters. The lowest BCUT2D eigenvalue weighted by Crippen LogP contribution is -2.45. The number of carbonyl (C=O) groups excluding carboxylic acids is 1. The number of aliphatic hydroxyl groups excluding tert-OH is 1. The van der Waals surface area contributed by atoms with Gasteiger partial charge in [-0.2, -0.15) is 0 Å². The predicted molar refractivity (Wildman–Crippen MR) is 238 cm³/mol. The van der Waals surface area contributed by atoms with Crippen LogP contribution in [0.25, 0.3) is 0 Å². The van der Waals surface area contributed by atoms with Crippen molar-refractivity contribution in [2.45, 2.75) is 206 Å². The molecule has 0 saturated heterocycles. The first-order valence-corrected chi connectivity index (χ1v) is 24.5. The highest BCUT2D eigenvalue weighted by Crippen LogP contribution is 2.38. The Morgan fingerprint density at radius 2 is 1.05 bits per heavy atom. The minimum Gasteiger partial charge on any atom is -0.756 e. The highest BCUT2D eigenvalue weighted by molar-refractivity contribution is 7.45. The van der Waals surface area contributed by atoms with Crippen LogP contribution in [0.15, 0.2) is 48.6 Å². The molecule has 0 aromatic heterocycles. The van der Waals surface area contributed by atoms with Gasteiger partial charge in [-0.3, -0.25) is 9.36 Å². The molecule has 0 aliphatic carbocycles. The first kappa shape index (κ1) is 54.5. The van der Waals surface area contributed by atoms with Crippen LogP contribution in [0.1, 0.15) is 194 Å². The van der Waals surface area contributed by atoms with Gasteiger partial charge in [0.2, 0.25) is 5.91 Å². The summed E-state index contributed by atoms with van der Waals surface area (Å²) in [4.78, 5) is 25.3. The van der Waals surface area contributed by atoms with Crippen molar-refractivity contribution in [3.8, 4) is 0 Å². The van der Waals surface area contributed by atoms with Gasteiger partial charge >= 0.3 is 0 Å². The highest BCUT2D eigenvalue weighted by Gasteiger charge is 2.23. The number of hydrogen-bond acceptors (Lipinski definition) is 6. The van der Waals surface area contributed by atoms with Gasteiger partial charge in [-0.15, -0.1) is 0 Å². The largest absolute Gasteiger partial charge is 0.756 e. The fourth-order valence-corrected chi connectivity index (χ4v) is 7.04. The van der Waals surface area contributed by atoms with Crippen LogP contribution >= 0.6 is 7.82 Å². The average Bonchev–Trinajstić information content (AvgIpc) is 3.15. The van der Waals surface area contributed by atoms with E-state index in [-0.39, 0.29) is 12.5 Å². The summed E-state index contributed by atoms with van der Waals surface area (Å²) in [7, 11) is 1.24. The lowest BCUT2D eigenvalue weighted by atomic mass is 10.1. The van der Waals surface area contributed by atoms with Crippen LogP contribution in [0.2, 0.25) is 0 Å². The van der Waals surface area contributed by atoms with Crippen molar-refractivity contribution >= 4 is 13.7 Å². The van der Waals surface area contributed by atoms with Gasteiger partial charge < -0.3 is 28.8 Å². The van der Waals surface area contributed by atoms with Crippen LogP contribution in [-0.4, -0.2) is 68.5 Å². The number of likely N-dealkylation sites (N-methyl/N-ethyl adjacent to an activating group) is 1. The van der Waals surface area contributed by atoms with Gasteiger partial charge in [0.05, 0.1) is 39.9 Å². The Bertz CT molecular complexity index is 1050. The lowest BCUT2D eigenvalue weighted by molar-refractivity contribution is -0.870. The van der Waals surface area contributed by atoms with Crippen molar-refractivity contribution in [1.82, 2.24) is 5.32 Å². The van der Waals surface area contributed by atoms with Crippen LogP contribution in [0, 0.1) is 0 Å². The molecule has 328 valence electrons. The fraction of sp³-hybridized carbons (Fsp3) is 0.809. The number of allylic oxidation sites excluding steroid dienone is 7. The summed E-state index contributed by atoms with van der Waals surface area (Å²) in [5.74, 6) is -0.214. The van der Waals surface area contributed by atoms with Gasteiger partial charge in [-0.25, -0.2) is 0 Å². The first-order chi connectivity index (χ1) is 27.0. The van der Waals surface area contributed by atoms with Gasteiger partial charge in [0.15, 0.2) is 0 Å². The molecule has 0 aliphatic rings. The summed E-state index contributed by atoms with van der Waals surface area (Å²) >= 11 is 0. The zero-order chi connectivity index (χ0) is 41.4. The third-order valence-corrected chi connectivity index (χ3v) is 11.0. The van der Waals surface area contributed by atoms with Gasteiger partial charge in [-0.05, 0) is 64.2 Å². The standard InChI is InChI=1S/C47H89N2O6P/c1-6-8-10-12-14-16-18-20-21-22-23-24-25-26-27-29-31-33-35-37-39-41-47(51)48-45(44-55-56(52,53)54-43-42-49(3,4)5)46(50)40-38-36-34-32-30-28-19-17-15-13-11-9-7-2/h18,20,22-23,30,32,38,40,45-46,50H,6-17,19,21,24-29,31,33-37,39,41-44H2,1-5H3,(H-,48,51,52,53)/b20-18-,23-22-,32-30+,40-38+. The number of nitrogens with one attached hydrogen (secondary N) is 1. The van der Waals surface area contributed by atoms with E-state index in [4.69, 9.17) is 9.05 Å². The minimum atomic E-state index is -4.60. The summed E-state index contributed by atoms with van der Waals surface area (Å²) in [6, 6.07) is -0.905. The third-order valence-electron chi connectivity index (χ3n) is 10.0. The van der Waals surface area contributed by atoms with Crippen LogP contribution in [-0.2, 0) is 18.4 Å². The molecule has 0 bridgehead atoms. The van der Waals surface area contributed by atoms with E-state index in [1.54, 1.807) is 6.08 Å². The molecule has 0 radical (unpaired) electrons. The van der Waals surface area contributed by atoms with Crippen molar-refractivity contribution in [1.29, 1.82) is 0 Å².